The zero-order chi connectivity index (χ0) is 24.1. The summed E-state index contributed by atoms with van der Waals surface area (Å²) in [5.74, 6) is -3.34. The van der Waals surface area contributed by atoms with Gasteiger partial charge in [-0.3, -0.25) is 0 Å². The monoisotopic (exact) mass is 442 g/mol. The van der Waals surface area contributed by atoms with Crippen molar-refractivity contribution in [3.63, 3.8) is 0 Å². The maximum atomic E-state index is 10.5. The molecule has 0 aliphatic carbocycles. The molecule has 0 fully saturated rings. The zero-order valence-corrected chi connectivity index (χ0v) is 17.5. The van der Waals surface area contributed by atoms with Crippen molar-refractivity contribution in [3.8, 4) is 11.1 Å². The molecule has 0 aliphatic heterocycles. The Morgan fingerprint density at radius 2 is 0.697 bits per heavy atom. The minimum absolute atomic E-state index is 0.190. The molecule has 6 nitrogen and oxygen atoms in total. The van der Waals surface area contributed by atoms with Crippen molar-refractivity contribution < 1.29 is 29.7 Å². The molecule has 33 heavy (non-hydrogen) atoms. The van der Waals surface area contributed by atoms with Gasteiger partial charge in [-0.2, -0.15) is 0 Å². The van der Waals surface area contributed by atoms with Crippen molar-refractivity contribution in [1.82, 2.24) is 0 Å². The van der Waals surface area contributed by atoms with Gasteiger partial charge in [-0.15, -0.1) is 0 Å². The predicted molar refractivity (Wildman–Crippen MR) is 126 cm³/mol. The van der Waals surface area contributed by atoms with Gasteiger partial charge in [0.05, 0.1) is 16.7 Å². The van der Waals surface area contributed by atoms with Crippen molar-refractivity contribution in [2.75, 3.05) is 0 Å². The van der Waals surface area contributed by atoms with Crippen LogP contribution in [0.25, 0.3) is 11.1 Å². The molecular weight excluding hydrogens is 420 g/mol. The van der Waals surface area contributed by atoms with Crippen molar-refractivity contribution in [3.05, 3.63) is 132 Å². The molecule has 6 heteroatoms. The summed E-state index contributed by atoms with van der Waals surface area (Å²) in [6.07, 6.45) is 0. The maximum Gasteiger partial charge on any atom is 0.336 e. The van der Waals surface area contributed by atoms with Crippen LogP contribution in [-0.2, 0) is 0 Å². The van der Waals surface area contributed by atoms with Crippen LogP contribution < -0.4 is 0 Å². The lowest BCUT2D eigenvalue weighted by molar-refractivity contribution is 0.0651. The van der Waals surface area contributed by atoms with E-state index in [1.54, 1.807) is 30.3 Å². The molecule has 4 aromatic rings. The van der Waals surface area contributed by atoms with Gasteiger partial charge >= 0.3 is 17.9 Å². The fraction of sp³-hybridized carbons (Fsp3) is 0. The quantitative estimate of drug-likeness (QED) is 0.367. The van der Waals surface area contributed by atoms with E-state index in [-0.39, 0.29) is 11.1 Å². The summed E-state index contributed by atoms with van der Waals surface area (Å²) in [6, 6.07) is 34.6. The summed E-state index contributed by atoms with van der Waals surface area (Å²) in [7, 11) is 0. The van der Waals surface area contributed by atoms with E-state index in [4.69, 9.17) is 15.3 Å². The Morgan fingerprint density at radius 1 is 0.394 bits per heavy atom. The van der Waals surface area contributed by atoms with Gasteiger partial charge in [0.1, 0.15) is 0 Å². The van der Waals surface area contributed by atoms with Gasteiger partial charge in [-0.25, -0.2) is 14.4 Å². The van der Waals surface area contributed by atoms with Crippen LogP contribution in [0.3, 0.4) is 0 Å². The third kappa shape index (κ3) is 8.15. The highest BCUT2D eigenvalue weighted by atomic mass is 16.4. The number of carboxylic acid groups (broad SMARTS) is 3. The van der Waals surface area contributed by atoms with Crippen LogP contribution in [0.5, 0.6) is 0 Å². The molecule has 0 atom stereocenters. The Kier molecular flexibility index (Phi) is 9.57. The summed E-state index contributed by atoms with van der Waals surface area (Å²) in [4.78, 5) is 31.1. The van der Waals surface area contributed by atoms with Gasteiger partial charge in [0.2, 0.25) is 0 Å². The fourth-order valence-corrected chi connectivity index (χ4v) is 2.70. The highest BCUT2D eigenvalue weighted by Crippen LogP contribution is 2.17. The van der Waals surface area contributed by atoms with Gasteiger partial charge in [-0.1, -0.05) is 91.0 Å². The summed E-state index contributed by atoms with van der Waals surface area (Å²) in [5.41, 5.74) is 2.50. The Morgan fingerprint density at radius 3 is 0.970 bits per heavy atom. The predicted octanol–water partition coefficient (Wildman–Crippen LogP) is 5.82. The van der Waals surface area contributed by atoms with Gasteiger partial charge < -0.3 is 15.3 Å². The lowest BCUT2D eigenvalue weighted by atomic mass is 10.1. The van der Waals surface area contributed by atoms with Crippen LogP contribution in [0.4, 0.5) is 0 Å². The maximum absolute atomic E-state index is 10.5. The van der Waals surface area contributed by atoms with Crippen molar-refractivity contribution >= 4 is 17.9 Å². The van der Waals surface area contributed by atoms with E-state index in [2.05, 4.69) is 48.5 Å². The van der Waals surface area contributed by atoms with Crippen molar-refractivity contribution in [1.29, 1.82) is 0 Å². The summed E-state index contributed by atoms with van der Waals surface area (Å²) >= 11 is 0. The topological polar surface area (TPSA) is 112 Å². The molecule has 0 aliphatic rings. The number of rotatable bonds is 4. The second-order valence-corrected chi connectivity index (χ2v) is 6.56. The van der Waals surface area contributed by atoms with E-state index in [0.29, 0.717) is 5.56 Å². The fourth-order valence-electron chi connectivity index (χ4n) is 2.70. The van der Waals surface area contributed by atoms with Crippen molar-refractivity contribution in [2.45, 2.75) is 0 Å². The van der Waals surface area contributed by atoms with Gasteiger partial charge in [0, 0.05) is 0 Å². The summed E-state index contributed by atoms with van der Waals surface area (Å²) in [5, 5.41) is 25.5. The van der Waals surface area contributed by atoms with Crippen molar-refractivity contribution in [2.24, 2.45) is 0 Å². The number of hydrogen-bond donors (Lipinski definition) is 3. The summed E-state index contributed by atoms with van der Waals surface area (Å²) < 4.78 is 0. The van der Waals surface area contributed by atoms with Crippen LogP contribution in [-0.4, -0.2) is 33.2 Å². The van der Waals surface area contributed by atoms with Gasteiger partial charge in [0.15, 0.2) is 0 Å². The van der Waals surface area contributed by atoms with Gasteiger partial charge in [0.25, 0.3) is 0 Å². The molecule has 0 saturated heterocycles. The largest absolute Gasteiger partial charge is 0.478 e. The van der Waals surface area contributed by atoms with Crippen LogP contribution in [0.15, 0.2) is 115 Å². The molecule has 0 spiro atoms. The Bertz CT molecular complexity index is 1100. The molecule has 3 N–H and O–H groups in total. The highest BCUT2D eigenvalue weighted by Gasteiger charge is 2.13. The van der Waals surface area contributed by atoms with Gasteiger partial charge in [-0.05, 0) is 35.4 Å². The van der Waals surface area contributed by atoms with Crippen LogP contribution in [0.1, 0.15) is 31.1 Å². The van der Waals surface area contributed by atoms with Crippen LogP contribution in [0, 0.1) is 0 Å². The second-order valence-electron chi connectivity index (χ2n) is 6.56. The Balaban J connectivity index is 0.000000177. The minimum atomic E-state index is -1.23. The first-order chi connectivity index (χ1) is 15.9. The Hall–Kier alpha value is -4.71. The number of carbonyl (C=O) groups is 3. The number of aromatic carboxylic acids is 3. The molecule has 0 unspecified atom stereocenters. The van der Waals surface area contributed by atoms with Crippen LogP contribution in [0.2, 0.25) is 0 Å². The number of carboxylic acids is 3. The molecule has 4 aromatic carbocycles. The van der Waals surface area contributed by atoms with E-state index < -0.39 is 17.9 Å². The molecule has 4 rings (SSSR count). The molecule has 0 radical (unpaired) electrons. The standard InChI is InChI=1S/C12H10.C8H6O4.C7H6O2/c1-3-7-11(8-4-1)12-9-5-2-6-10-12;9-7(10)5-3-1-2-4-6(5)8(11)12;8-7(9)6-4-2-1-3-5-6/h1-10H;1-4H,(H,9,10)(H,11,12);1-5H,(H,8,9). The van der Waals surface area contributed by atoms with E-state index in [1.165, 1.54) is 35.4 Å². The van der Waals surface area contributed by atoms with E-state index in [1.807, 2.05) is 12.1 Å². The van der Waals surface area contributed by atoms with E-state index in [9.17, 15) is 14.4 Å². The first-order valence-electron chi connectivity index (χ1n) is 9.84. The third-order valence-corrected chi connectivity index (χ3v) is 4.29. The highest BCUT2D eigenvalue weighted by molar-refractivity contribution is 6.01. The summed E-state index contributed by atoms with van der Waals surface area (Å²) in [6.45, 7) is 0. The SMILES string of the molecule is O=C(O)c1ccccc1.O=C(O)c1ccccc1C(=O)O.c1ccc(-c2ccccc2)cc1. The smallest absolute Gasteiger partial charge is 0.336 e. The number of benzene rings is 4. The average Bonchev–Trinajstić information content (AvgIpc) is 2.86. The molecule has 0 bridgehead atoms. The third-order valence-electron chi connectivity index (χ3n) is 4.29. The Labute approximate surface area is 191 Å². The average molecular weight is 442 g/mol. The molecule has 0 saturated carbocycles. The first-order valence-corrected chi connectivity index (χ1v) is 9.84. The zero-order valence-electron chi connectivity index (χ0n) is 17.5. The number of hydrogen-bond acceptors (Lipinski definition) is 3. The first kappa shape index (κ1) is 24.6. The van der Waals surface area contributed by atoms with E-state index in [0.717, 1.165) is 0 Å². The van der Waals surface area contributed by atoms with E-state index >= 15 is 0 Å². The lowest BCUT2D eigenvalue weighted by Crippen LogP contribution is -2.06. The molecular formula is C27H22O6. The van der Waals surface area contributed by atoms with Crippen LogP contribution >= 0.6 is 0 Å². The normalized spacial score (nSPS) is 9.33. The molecule has 0 aromatic heterocycles. The minimum Gasteiger partial charge on any atom is -0.478 e. The molecule has 166 valence electrons. The lowest BCUT2D eigenvalue weighted by Gasteiger charge is -1.98. The second kappa shape index (κ2) is 12.9. The molecule has 0 amide bonds. The molecule has 0 heterocycles.